The maximum Gasteiger partial charge on any atom is 0.254 e. The highest BCUT2D eigenvalue weighted by Crippen LogP contribution is 2.48. The predicted molar refractivity (Wildman–Crippen MR) is 89.1 cm³/mol. The number of nitrogens with zero attached hydrogens (tertiary/aromatic N) is 1. The van der Waals surface area contributed by atoms with Crippen LogP contribution < -0.4 is 0 Å². The van der Waals surface area contributed by atoms with Gasteiger partial charge in [0.05, 0.1) is 12.2 Å². The van der Waals surface area contributed by atoms with Crippen molar-refractivity contribution >= 4 is 11.8 Å². The lowest BCUT2D eigenvalue weighted by molar-refractivity contribution is -0.288. The summed E-state index contributed by atoms with van der Waals surface area (Å²) < 4.78 is 12.4. The second-order valence-electron chi connectivity index (χ2n) is 6.80. The van der Waals surface area contributed by atoms with E-state index in [9.17, 15) is 9.59 Å². The molecule has 5 heteroatoms. The van der Waals surface area contributed by atoms with E-state index in [0.717, 1.165) is 11.1 Å². The van der Waals surface area contributed by atoms with Crippen LogP contribution in [0.2, 0.25) is 0 Å². The number of imide groups is 1. The van der Waals surface area contributed by atoms with E-state index < -0.39 is 11.8 Å². The van der Waals surface area contributed by atoms with Crippen molar-refractivity contribution < 1.29 is 19.1 Å². The van der Waals surface area contributed by atoms with E-state index in [4.69, 9.17) is 9.47 Å². The lowest BCUT2D eigenvalue weighted by Gasteiger charge is -2.41. The molecule has 0 spiro atoms. The van der Waals surface area contributed by atoms with Gasteiger partial charge in [0.2, 0.25) is 0 Å². The molecule has 2 aliphatic rings. The molecule has 0 saturated carbocycles. The Morgan fingerprint density at radius 1 is 1.00 bits per heavy atom. The van der Waals surface area contributed by atoms with Crippen molar-refractivity contribution in [2.45, 2.75) is 58.2 Å². The number of carbonyl (C=O) groups is 2. The van der Waals surface area contributed by atoms with E-state index in [1.54, 1.807) is 0 Å². The van der Waals surface area contributed by atoms with Gasteiger partial charge in [-0.25, -0.2) is 0 Å². The maximum absolute atomic E-state index is 12.3. The largest absolute Gasteiger partial charge is 0.345 e. The molecule has 3 rings (SSSR count). The smallest absolute Gasteiger partial charge is 0.254 e. The Balaban J connectivity index is 2.12. The van der Waals surface area contributed by atoms with E-state index >= 15 is 0 Å². The molecule has 0 saturated heterocycles. The Morgan fingerprint density at radius 2 is 1.54 bits per heavy atom. The summed E-state index contributed by atoms with van der Waals surface area (Å²) in [5, 5.41) is 0. The minimum Gasteiger partial charge on any atom is -0.345 e. The van der Waals surface area contributed by atoms with Gasteiger partial charge in [0.15, 0.2) is 5.79 Å². The van der Waals surface area contributed by atoms with Crippen LogP contribution in [0.1, 0.15) is 44.9 Å². The second kappa shape index (κ2) is 6.15. The number of hydrogen-bond acceptors (Lipinski definition) is 4. The van der Waals surface area contributed by atoms with E-state index in [2.05, 4.69) is 0 Å². The number of amides is 2. The third kappa shape index (κ3) is 2.78. The van der Waals surface area contributed by atoms with Crippen molar-refractivity contribution in [2.24, 2.45) is 0 Å². The summed E-state index contributed by atoms with van der Waals surface area (Å²) in [5.74, 6) is -1.72. The molecular weight excluding hydrogens is 306 g/mol. The van der Waals surface area contributed by atoms with Gasteiger partial charge in [-0.05, 0) is 38.8 Å². The topological polar surface area (TPSA) is 55.8 Å². The number of fused-ring (bicyclic) bond motifs is 1. The fourth-order valence-corrected chi connectivity index (χ4v) is 3.60. The lowest BCUT2D eigenvalue weighted by atomic mass is 10.0. The minimum atomic E-state index is -1.07. The van der Waals surface area contributed by atoms with Crippen LogP contribution in [0, 0.1) is 0 Å². The van der Waals surface area contributed by atoms with Gasteiger partial charge in [0.1, 0.15) is 6.04 Å². The molecule has 5 nitrogen and oxygen atoms in total. The maximum atomic E-state index is 12.3. The summed E-state index contributed by atoms with van der Waals surface area (Å²) in [6.07, 6.45) is 2.89. The van der Waals surface area contributed by atoms with Crippen molar-refractivity contribution in [3.05, 3.63) is 47.5 Å². The number of carbonyl (C=O) groups excluding carboxylic acids is 2. The molecule has 0 radical (unpaired) electrons. The highest BCUT2D eigenvalue weighted by molar-refractivity contribution is 6.13. The second-order valence-corrected chi connectivity index (χ2v) is 6.80. The quantitative estimate of drug-likeness (QED) is 0.616. The van der Waals surface area contributed by atoms with Gasteiger partial charge in [-0.3, -0.25) is 14.5 Å². The minimum absolute atomic E-state index is 0.110. The SMILES string of the molecule is CC(C)OC1(OC(C)C)Cc2ccccc2[C@@H]1N1C(=O)C=CC1=O. The molecule has 128 valence electrons. The van der Waals surface area contributed by atoms with Crippen LogP contribution in [-0.4, -0.2) is 34.7 Å². The molecule has 2 amide bonds. The Kier molecular flexibility index (Phi) is 4.32. The third-order valence-corrected chi connectivity index (χ3v) is 4.18. The van der Waals surface area contributed by atoms with Gasteiger partial charge in [0.25, 0.3) is 11.8 Å². The predicted octanol–water partition coefficient (Wildman–Crippen LogP) is 2.76. The lowest BCUT2D eigenvalue weighted by Crippen LogP contribution is -2.52. The van der Waals surface area contributed by atoms with E-state index in [-0.39, 0.29) is 24.0 Å². The molecule has 1 aliphatic heterocycles. The molecule has 1 heterocycles. The first-order valence-corrected chi connectivity index (χ1v) is 8.33. The van der Waals surface area contributed by atoms with Crippen molar-refractivity contribution in [2.75, 3.05) is 0 Å². The van der Waals surface area contributed by atoms with Gasteiger partial charge in [-0.2, -0.15) is 0 Å². The fourth-order valence-electron chi connectivity index (χ4n) is 3.60. The first-order valence-electron chi connectivity index (χ1n) is 8.33. The Bertz CT molecular complexity index is 664. The van der Waals surface area contributed by atoms with Crippen LogP contribution in [0.15, 0.2) is 36.4 Å². The summed E-state index contributed by atoms with van der Waals surface area (Å²) in [6, 6.07) is 7.20. The van der Waals surface area contributed by atoms with Crippen LogP contribution in [0.3, 0.4) is 0 Å². The molecule has 1 aliphatic carbocycles. The summed E-state index contributed by atoms with van der Waals surface area (Å²) in [6.45, 7) is 7.71. The number of benzene rings is 1. The summed E-state index contributed by atoms with van der Waals surface area (Å²) >= 11 is 0. The fraction of sp³-hybridized carbons (Fsp3) is 0.474. The molecule has 1 aromatic rings. The first kappa shape index (κ1) is 16.9. The standard InChI is InChI=1S/C19H23NO4/c1-12(2)23-19(24-13(3)4)11-14-7-5-6-8-15(14)18(19)20-16(21)9-10-17(20)22/h5-10,12-13,18H,11H2,1-4H3/t18-/m0/s1. The molecule has 0 bridgehead atoms. The van der Waals surface area contributed by atoms with Gasteiger partial charge >= 0.3 is 0 Å². The molecule has 1 atom stereocenters. The third-order valence-electron chi connectivity index (χ3n) is 4.18. The molecule has 0 N–H and O–H groups in total. The van der Waals surface area contributed by atoms with Gasteiger partial charge in [-0.1, -0.05) is 24.3 Å². The highest BCUT2D eigenvalue weighted by Gasteiger charge is 2.55. The Morgan fingerprint density at radius 3 is 2.08 bits per heavy atom. The van der Waals surface area contributed by atoms with Crippen LogP contribution in [0.25, 0.3) is 0 Å². The average molecular weight is 329 g/mol. The van der Waals surface area contributed by atoms with Gasteiger partial charge < -0.3 is 9.47 Å². The Labute approximate surface area is 142 Å². The van der Waals surface area contributed by atoms with Crippen LogP contribution in [0.5, 0.6) is 0 Å². The van der Waals surface area contributed by atoms with Crippen LogP contribution in [-0.2, 0) is 25.5 Å². The summed E-state index contributed by atoms with van der Waals surface area (Å²) in [4.78, 5) is 26.0. The van der Waals surface area contributed by atoms with Crippen molar-refractivity contribution in [3.63, 3.8) is 0 Å². The first-order chi connectivity index (χ1) is 11.3. The summed E-state index contributed by atoms with van der Waals surface area (Å²) in [5.41, 5.74) is 1.94. The number of rotatable bonds is 5. The van der Waals surface area contributed by atoms with E-state index in [0.29, 0.717) is 6.42 Å². The molecular formula is C19H23NO4. The molecule has 0 aromatic heterocycles. The zero-order valence-corrected chi connectivity index (χ0v) is 14.5. The van der Waals surface area contributed by atoms with Crippen LogP contribution in [0.4, 0.5) is 0 Å². The Hall–Kier alpha value is -1.98. The van der Waals surface area contributed by atoms with Crippen molar-refractivity contribution in [3.8, 4) is 0 Å². The zero-order chi connectivity index (χ0) is 17.5. The normalized spacial score (nSPS) is 22.1. The van der Waals surface area contributed by atoms with Gasteiger partial charge in [0, 0.05) is 18.6 Å². The monoisotopic (exact) mass is 329 g/mol. The van der Waals surface area contributed by atoms with E-state index in [1.807, 2.05) is 52.0 Å². The van der Waals surface area contributed by atoms with Crippen molar-refractivity contribution in [1.29, 1.82) is 0 Å². The number of hydrogen-bond donors (Lipinski definition) is 0. The van der Waals surface area contributed by atoms with Crippen LogP contribution >= 0.6 is 0 Å². The summed E-state index contributed by atoms with van der Waals surface area (Å²) in [7, 11) is 0. The molecule has 0 unspecified atom stereocenters. The van der Waals surface area contributed by atoms with E-state index in [1.165, 1.54) is 17.1 Å². The average Bonchev–Trinajstić information content (AvgIpc) is 2.94. The highest BCUT2D eigenvalue weighted by atomic mass is 16.7. The number of ether oxygens (including phenoxy) is 2. The van der Waals surface area contributed by atoms with Crippen molar-refractivity contribution in [1.82, 2.24) is 4.90 Å². The molecule has 0 fully saturated rings. The molecule has 24 heavy (non-hydrogen) atoms. The molecule has 1 aromatic carbocycles. The van der Waals surface area contributed by atoms with Gasteiger partial charge in [-0.15, -0.1) is 0 Å². The zero-order valence-electron chi connectivity index (χ0n) is 14.5.